The van der Waals surface area contributed by atoms with E-state index in [1.54, 1.807) is 0 Å². The molecule has 4 rings (SSSR count). The lowest BCUT2D eigenvalue weighted by Gasteiger charge is -2.14. The van der Waals surface area contributed by atoms with Crippen LogP contribution in [0, 0.1) is 0 Å². The van der Waals surface area contributed by atoms with Gasteiger partial charge in [-0.05, 0) is 62.1 Å². The van der Waals surface area contributed by atoms with Gasteiger partial charge in [0.15, 0.2) is 29.5 Å². The molecule has 0 radical (unpaired) electrons. The molecule has 1 aliphatic heterocycles. The minimum atomic E-state index is 0.730. The molecule has 2 aromatic carbocycles. The van der Waals surface area contributed by atoms with Crippen molar-refractivity contribution in [3.8, 4) is 45.5 Å². The summed E-state index contributed by atoms with van der Waals surface area (Å²) in [6.45, 7) is 14.1. The largest absolute Gasteiger partial charge is 0.490 e. The first-order valence-electron chi connectivity index (χ1n) is 27.6. The van der Waals surface area contributed by atoms with E-state index in [0.29, 0.717) is 0 Å². The minimum Gasteiger partial charge on any atom is -0.490 e. The zero-order chi connectivity index (χ0) is 45.1. The van der Waals surface area contributed by atoms with E-state index in [-0.39, 0.29) is 0 Å². The van der Waals surface area contributed by atoms with Crippen molar-refractivity contribution >= 4 is 0 Å². The Hall–Kier alpha value is -3.15. The maximum Gasteiger partial charge on any atom is 0.239 e. The first-order valence-corrected chi connectivity index (χ1v) is 27.6. The second kappa shape index (κ2) is 35.1. The van der Waals surface area contributed by atoms with Crippen molar-refractivity contribution in [2.75, 3.05) is 26.4 Å². The summed E-state index contributed by atoms with van der Waals surface area (Å²) in [6.07, 6.45) is 42.6. The van der Waals surface area contributed by atoms with Crippen molar-refractivity contribution in [3.63, 3.8) is 0 Å². The van der Waals surface area contributed by atoms with E-state index < -0.39 is 0 Å². The van der Waals surface area contributed by atoms with E-state index in [1.165, 1.54) is 202 Å². The Kier molecular flexibility index (Phi) is 29.3. The highest BCUT2D eigenvalue weighted by Crippen LogP contribution is 2.38. The second-order valence-corrected chi connectivity index (χ2v) is 19.1. The van der Waals surface area contributed by atoms with E-state index in [9.17, 15) is 0 Å². The first-order chi connectivity index (χ1) is 31.7. The maximum atomic E-state index is 6.60. The third-order valence-electron chi connectivity index (χ3n) is 13.4. The van der Waals surface area contributed by atoms with Crippen LogP contribution in [0.5, 0.6) is 23.0 Å². The summed E-state index contributed by atoms with van der Waals surface area (Å²) in [6, 6.07) is 15.7. The predicted octanol–water partition coefficient (Wildman–Crippen LogP) is 17.6. The van der Waals surface area contributed by atoms with E-state index in [2.05, 4.69) is 79.5 Å². The van der Waals surface area contributed by atoms with Gasteiger partial charge in [0.1, 0.15) is 5.69 Å². The standard InChI is InChI=1S/C58H97N2O4/c1-5-9-13-17-21-25-29-33-44-61-55-40-38-51(48-57(55)63-46-35-31-27-23-19-15-11-7-3)53-50-54(60-43-37-42-59(53)60)52-39-41-56(62-45-34-30-26-22-18-14-10-6-2)58(49-52)64-47-36-32-28-24-20-16-12-8-4/h38-41,48-50H,5-37,42-47H2,1-4H3/q+1. The van der Waals surface area contributed by atoms with Gasteiger partial charge >= 0.3 is 0 Å². The molecule has 64 heavy (non-hydrogen) atoms. The zero-order valence-corrected chi connectivity index (χ0v) is 42.1. The Bertz CT molecular complexity index is 1490. The van der Waals surface area contributed by atoms with Gasteiger partial charge in [-0.25, -0.2) is 0 Å². The quantitative estimate of drug-likeness (QED) is 0.0420. The third-order valence-corrected chi connectivity index (χ3v) is 13.4. The summed E-state index contributed by atoms with van der Waals surface area (Å²) in [5.41, 5.74) is 4.83. The number of fused-ring (bicyclic) bond motifs is 1. The summed E-state index contributed by atoms with van der Waals surface area (Å²) in [4.78, 5) is 0. The molecule has 0 saturated heterocycles. The number of hydrogen-bond acceptors (Lipinski definition) is 4. The molecule has 0 amide bonds. The van der Waals surface area contributed by atoms with E-state index in [0.717, 1.165) is 94.6 Å². The summed E-state index contributed by atoms with van der Waals surface area (Å²) >= 11 is 0. The fraction of sp³-hybridized carbons (Fsp3) is 0.741. The summed E-state index contributed by atoms with van der Waals surface area (Å²) < 4.78 is 31.1. The highest BCUT2D eigenvalue weighted by Gasteiger charge is 2.30. The van der Waals surface area contributed by atoms with Gasteiger partial charge in [-0.1, -0.05) is 207 Å². The Morgan fingerprint density at radius 1 is 0.375 bits per heavy atom. The van der Waals surface area contributed by atoms with Gasteiger partial charge in [0, 0.05) is 18.1 Å². The molecule has 3 aromatic rings. The minimum absolute atomic E-state index is 0.730. The summed E-state index contributed by atoms with van der Waals surface area (Å²) in [7, 11) is 0. The van der Waals surface area contributed by atoms with Crippen LogP contribution >= 0.6 is 0 Å². The molecule has 0 spiro atoms. The van der Waals surface area contributed by atoms with Crippen molar-refractivity contribution in [3.05, 3.63) is 42.5 Å². The molecular formula is C58H97N2O4+. The maximum absolute atomic E-state index is 6.60. The number of aromatic nitrogens is 2. The van der Waals surface area contributed by atoms with Crippen LogP contribution in [0.25, 0.3) is 22.5 Å². The van der Waals surface area contributed by atoms with Crippen LogP contribution in [-0.2, 0) is 13.1 Å². The number of rotatable bonds is 42. The molecule has 362 valence electrons. The summed E-state index contributed by atoms with van der Waals surface area (Å²) in [5, 5.41) is 0. The van der Waals surface area contributed by atoms with Crippen molar-refractivity contribution in [1.29, 1.82) is 0 Å². The van der Waals surface area contributed by atoms with Gasteiger partial charge in [0.25, 0.3) is 0 Å². The molecule has 0 fully saturated rings. The Morgan fingerprint density at radius 3 is 1.09 bits per heavy atom. The molecule has 0 saturated carbocycles. The predicted molar refractivity (Wildman–Crippen MR) is 273 cm³/mol. The molecule has 2 heterocycles. The van der Waals surface area contributed by atoms with Crippen LogP contribution in [0.1, 0.15) is 240 Å². The Balaban J connectivity index is 1.46. The number of nitrogens with zero attached hydrogens (tertiary/aromatic N) is 2. The van der Waals surface area contributed by atoms with Gasteiger partial charge in [-0.3, -0.25) is 0 Å². The number of benzene rings is 2. The molecule has 0 N–H and O–H groups in total. The van der Waals surface area contributed by atoms with Crippen molar-refractivity contribution < 1.29 is 23.6 Å². The van der Waals surface area contributed by atoms with Gasteiger partial charge in [0.2, 0.25) is 5.69 Å². The van der Waals surface area contributed by atoms with Gasteiger partial charge in [0.05, 0.1) is 38.5 Å². The van der Waals surface area contributed by atoms with Crippen LogP contribution in [0.2, 0.25) is 0 Å². The highest BCUT2D eigenvalue weighted by molar-refractivity contribution is 5.70. The summed E-state index contributed by atoms with van der Waals surface area (Å²) in [5.74, 6) is 3.53. The van der Waals surface area contributed by atoms with Gasteiger partial charge in [-0.2, -0.15) is 4.68 Å². The molecule has 6 heteroatoms. The van der Waals surface area contributed by atoms with Gasteiger partial charge < -0.3 is 18.9 Å². The topological polar surface area (TPSA) is 45.7 Å². The SMILES string of the molecule is CCCCCCCCCCOc1ccc(-c2cc(-c3ccc(OCCCCCCCCCC)c(OCCCCCCCCCC)c3)[n+]3n2CCC3)cc1OCCCCCCCCCC. The molecule has 0 aliphatic carbocycles. The number of ether oxygens (including phenoxy) is 4. The van der Waals surface area contributed by atoms with Gasteiger partial charge in [-0.15, -0.1) is 4.68 Å². The van der Waals surface area contributed by atoms with E-state index >= 15 is 0 Å². The molecule has 1 aromatic heterocycles. The molecule has 6 nitrogen and oxygen atoms in total. The molecule has 0 atom stereocenters. The van der Waals surface area contributed by atoms with Crippen LogP contribution in [0.15, 0.2) is 42.5 Å². The Morgan fingerprint density at radius 2 is 0.703 bits per heavy atom. The second-order valence-electron chi connectivity index (χ2n) is 19.1. The first kappa shape index (κ1) is 53.5. The lowest BCUT2D eigenvalue weighted by atomic mass is 10.1. The normalized spacial score (nSPS) is 12.2. The lowest BCUT2D eigenvalue weighted by molar-refractivity contribution is -0.747. The van der Waals surface area contributed by atoms with Crippen molar-refractivity contribution in [2.24, 2.45) is 0 Å². The molecule has 0 unspecified atom stereocenters. The third kappa shape index (κ3) is 21.0. The average Bonchev–Trinajstić information content (AvgIpc) is 3.94. The van der Waals surface area contributed by atoms with Crippen molar-refractivity contribution in [2.45, 2.75) is 253 Å². The van der Waals surface area contributed by atoms with E-state index in [1.807, 2.05) is 0 Å². The van der Waals surface area contributed by atoms with Crippen LogP contribution in [0.3, 0.4) is 0 Å². The Labute approximate surface area is 394 Å². The highest BCUT2D eigenvalue weighted by atomic mass is 16.5. The molecule has 0 bridgehead atoms. The van der Waals surface area contributed by atoms with Crippen LogP contribution < -0.4 is 23.6 Å². The molecule has 1 aliphatic rings. The van der Waals surface area contributed by atoms with E-state index in [4.69, 9.17) is 18.9 Å². The smallest absolute Gasteiger partial charge is 0.239 e. The number of hydrogen-bond donors (Lipinski definition) is 0. The fourth-order valence-electron chi connectivity index (χ4n) is 9.33. The van der Waals surface area contributed by atoms with Crippen LogP contribution in [0.4, 0.5) is 0 Å². The molecular weight excluding hydrogens is 789 g/mol. The fourth-order valence-corrected chi connectivity index (χ4v) is 9.33. The number of unbranched alkanes of at least 4 members (excludes halogenated alkanes) is 28. The zero-order valence-electron chi connectivity index (χ0n) is 42.1. The van der Waals surface area contributed by atoms with Crippen LogP contribution in [-0.4, -0.2) is 31.1 Å². The lowest BCUT2D eigenvalue weighted by Crippen LogP contribution is -2.38. The average molecular weight is 886 g/mol. The monoisotopic (exact) mass is 886 g/mol. The van der Waals surface area contributed by atoms with Crippen molar-refractivity contribution in [1.82, 2.24) is 4.68 Å².